The van der Waals surface area contributed by atoms with Crippen LogP contribution in [0.2, 0.25) is 0 Å². The smallest absolute Gasteiger partial charge is 0.286 e. The zero-order valence-electron chi connectivity index (χ0n) is 13.8. The third kappa shape index (κ3) is 3.29. The maximum atomic E-state index is 12.5. The van der Waals surface area contributed by atoms with Gasteiger partial charge in [0.1, 0.15) is 10.7 Å². The molecule has 3 rings (SSSR count). The van der Waals surface area contributed by atoms with Gasteiger partial charge in [-0.25, -0.2) is 0 Å². The monoisotopic (exact) mass is 351 g/mol. The number of nitrogens with zero attached hydrogens (tertiary/aromatic N) is 2. The Morgan fingerprint density at radius 3 is 2.88 bits per heavy atom. The van der Waals surface area contributed by atoms with Crippen LogP contribution in [0.1, 0.15) is 33.1 Å². The van der Waals surface area contributed by atoms with Crippen LogP contribution in [0.3, 0.4) is 0 Å². The van der Waals surface area contributed by atoms with Gasteiger partial charge in [0.25, 0.3) is 10.0 Å². The number of benzene rings is 1. The van der Waals surface area contributed by atoms with E-state index >= 15 is 0 Å². The molecule has 24 heavy (non-hydrogen) atoms. The Morgan fingerprint density at radius 1 is 1.46 bits per heavy atom. The van der Waals surface area contributed by atoms with Gasteiger partial charge in [-0.05, 0) is 31.0 Å². The third-order valence-corrected chi connectivity index (χ3v) is 5.45. The number of nitrogens with one attached hydrogen (secondary N) is 1. The molecule has 0 aliphatic carbocycles. The summed E-state index contributed by atoms with van der Waals surface area (Å²) in [6.07, 6.45) is 2.56. The SMILES string of the molecule is CCC1=NS(=O)(=O)c2cc(NC(C)=O)ccc2N1C[C@H]1CCCO1. The van der Waals surface area contributed by atoms with Crippen molar-refractivity contribution in [3.05, 3.63) is 18.2 Å². The fourth-order valence-electron chi connectivity index (χ4n) is 3.05. The summed E-state index contributed by atoms with van der Waals surface area (Å²) in [7, 11) is -3.77. The predicted molar refractivity (Wildman–Crippen MR) is 92.0 cm³/mol. The van der Waals surface area contributed by atoms with Crippen molar-refractivity contribution in [2.75, 3.05) is 23.4 Å². The molecule has 1 amide bonds. The summed E-state index contributed by atoms with van der Waals surface area (Å²) in [5.41, 5.74) is 1.03. The van der Waals surface area contributed by atoms with Crippen molar-refractivity contribution < 1.29 is 17.9 Å². The van der Waals surface area contributed by atoms with Gasteiger partial charge in [0, 0.05) is 25.6 Å². The highest BCUT2D eigenvalue weighted by molar-refractivity contribution is 7.90. The van der Waals surface area contributed by atoms with Crippen LogP contribution in [0.25, 0.3) is 0 Å². The number of sulfonamides is 1. The second-order valence-corrected chi connectivity index (χ2v) is 7.52. The third-order valence-electron chi connectivity index (χ3n) is 4.11. The van der Waals surface area contributed by atoms with E-state index in [4.69, 9.17) is 4.74 Å². The summed E-state index contributed by atoms with van der Waals surface area (Å²) in [5.74, 6) is 0.266. The van der Waals surface area contributed by atoms with Crippen LogP contribution in [-0.2, 0) is 19.6 Å². The molecule has 0 spiro atoms. The molecular weight excluding hydrogens is 330 g/mol. The molecule has 2 aliphatic heterocycles. The van der Waals surface area contributed by atoms with Crippen molar-refractivity contribution >= 4 is 33.1 Å². The summed E-state index contributed by atoms with van der Waals surface area (Å²) in [6.45, 7) is 4.58. The quantitative estimate of drug-likeness (QED) is 0.898. The van der Waals surface area contributed by atoms with E-state index in [0.717, 1.165) is 19.4 Å². The van der Waals surface area contributed by atoms with Gasteiger partial charge in [0.2, 0.25) is 5.91 Å². The summed E-state index contributed by atoms with van der Waals surface area (Å²) in [4.78, 5) is 13.3. The van der Waals surface area contributed by atoms with E-state index in [9.17, 15) is 13.2 Å². The first-order chi connectivity index (χ1) is 11.4. The molecule has 1 fully saturated rings. The predicted octanol–water partition coefficient (Wildman–Crippen LogP) is 2.14. The molecular formula is C16H21N3O4S. The number of anilines is 2. The number of ether oxygens (including phenoxy) is 1. The van der Waals surface area contributed by atoms with Gasteiger partial charge >= 0.3 is 0 Å². The highest BCUT2D eigenvalue weighted by atomic mass is 32.2. The van der Waals surface area contributed by atoms with Crippen molar-refractivity contribution in [2.45, 2.75) is 44.1 Å². The zero-order valence-corrected chi connectivity index (χ0v) is 14.6. The maximum Gasteiger partial charge on any atom is 0.286 e. The first kappa shape index (κ1) is 16.9. The van der Waals surface area contributed by atoms with Crippen LogP contribution in [-0.4, -0.2) is 39.4 Å². The first-order valence-corrected chi connectivity index (χ1v) is 9.49. The number of amidine groups is 1. The van der Waals surface area contributed by atoms with E-state index in [1.165, 1.54) is 13.0 Å². The van der Waals surface area contributed by atoms with Crippen molar-refractivity contribution in [1.29, 1.82) is 0 Å². The molecule has 1 aromatic carbocycles. The van der Waals surface area contributed by atoms with Gasteiger partial charge in [0.05, 0.1) is 18.3 Å². The van der Waals surface area contributed by atoms with E-state index in [1.54, 1.807) is 12.1 Å². The molecule has 1 N–H and O–H groups in total. The average Bonchev–Trinajstić information content (AvgIpc) is 3.02. The lowest BCUT2D eigenvalue weighted by molar-refractivity contribution is -0.114. The van der Waals surface area contributed by atoms with Crippen molar-refractivity contribution in [1.82, 2.24) is 0 Å². The number of amides is 1. The molecule has 2 heterocycles. The number of carbonyl (C=O) groups is 1. The Hall–Kier alpha value is -1.93. The molecule has 0 unspecified atom stereocenters. The minimum absolute atomic E-state index is 0.0745. The highest BCUT2D eigenvalue weighted by Gasteiger charge is 2.32. The normalized spacial score (nSPS) is 22.0. The molecule has 8 heteroatoms. The summed E-state index contributed by atoms with van der Waals surface area (Å²) >= 11 is 0. The lowest BCUT2D eigenvalue weighted by atomic mass is 10.2. The fraction of sp³-hybridized carbons (Fsp3) is 0.500. The van der Waals surface area contributed by atoms with E-state index in [0.29, 0.717) is 30.2 Å². The lowest BCUT2D eigenvalue weighted by Gasteiger charge is -2.32. The van der Waals surface area contributed by atoms with Crippen molar-refractivity contribution in [2.24, 2.45) is 4.40 Å². The minimum Gasteiger partial charge on any atom is -0.376 e. The molecule has 1 aromatic rings. The van der Waals surface area contributed by atoms with E-state index in [2.05, 4.69) is 9.71 Å². The maximum absolute atomic E-state index is 12.5. The van der Waals surface area contributed by atoms with Crippen LogP contribution in [0.5, 0.6) is 0 Å². The summed E-state index contributed by atoms with van der Waals surface area (Å²) in [6, 6.07) is 4.89. The standard InChI is InChI=1S/C16H21N3O4S/c1-3-16-18-24(21,22)15-9-12(17-11(2)20)6-7-14(15)19(16)10-13-5-4-8-23-13/h6-7,9,13H,3-5,8,10H2,1-2H3,(H,17,20)/t13-/m1/s1. The van der Waals surface area contributed by atoms with E-state index < -0.39 is 10.0 Å². The first-order valence-electron chi connectivity index (χ1n) is 8.05. The van der Waals surface area contributed by atoms with Gasteiger partial charge in [-0.3, -0.25) is 4.79 Å². The van der Waals surface area contributed by atoms with Gasteiger partial charge in [-0.2, -0.15) is 8.42 Å². The number of fused-ring (bicyclic) bond motifs is 1. The molecule has 0 saturated carbocycles. The molecule has 1 saturated heterocycles. The average molecular weight is 351 g/mol. The number of rotatable bonds is 4. The van der Waals surface area contributed by atoms with Gasteiger partial charge in [-0.1, -0.05) is 6.92 Å². The molecule has 7 nitrogen and oxygen atoms in total. The number of hydrogen-bond donors (Lipinski definition) is 1. The molecule has 0 radical (unpaired) electrons. The largest absolute Gasteiger partial charge is 0.376 e. The zero-order chi connectivity index (χ0) is 17.3. The molecule has 0 aromatic heterocycles. The summed E-state index contributed by atoms with van der Waals surface area (Å²) < 4.78 is 34.7. The lowest BCUT2D eigenvalue weighted by Crippen LogP contribution is -2.40. The molecule has 0 bridgehead atoms. The fourth-order valence-corrected chi connectivity index (χ4v) is 4.37. The number of carbonyl (C=O) groups excluding carboxylic acids is 1. The Balaban J connectivity index is 2.02. The van der Waals surface area contributed by atoms with Crippen molar-refractivity contribution in [3.8, 4) is 0 Å². The van der Waals surface area contributed by atoms with Gasteiger partial charge in [-0.15, -0.1) is 4.40 Å². The van der Waals surface area contributed by atoms with Crippen LogP contribution >= 0.6 is 0 Å². The molecule has 1 atom stereocenters. The second kappa shape index (κ2) is 6.52. The Morgan fingerprint density at radius 2 is 2.25 bits per heavy atom. The molecule has 130 valence electrons. The topological polar surface area (TPSA) is 88.1 Å². The minimum atomic E-state index is -3.77. The molecule has 2 aliphatic rings. The highest BCUT2D eigenvalue weighted by Crippen LogP contribution is 2.35. The number of hydrogen-bond acceptors (Lipinski definition) is 5. The van der Waals surface area contributed by atoms with E-state index in [1.807, 2.05) is 11.8 Å². The van der Waals surface area contributed by atoms with Crippen LogP contribution in [0.15, 0.2) is 27.5 Å². The van der Waals surface area contributed by atoms with Crippen LogP contribution in [0, 0.1) is 0 Å². The van der Waals surface area contributed by atoms with Crippen LogP contribution in [0.4, 0.5) is 11.4 Å². The van der Waals surface area contributed by atoms with E-state index in [-0.39, 0.29) is 16.9 Å². The van der Waals surface area contributed by atoms with Crippen molar-refractivity contribution in [3.63, 3.8) is 0 Å². The Labute approximate surface area is 141 Å². The van der Waals surface area contributed by atoms with Gasteiger partial charge in [0.15, 0.2) is 0 Å². The Kier molecular flexibility index (Phi) is 4.60. The Bertz CT molecular complexity index is 783. The second-order valence-electron chi connectivity index (χ2n) is 5.95. The summed E-state index contributed by atoms with van der Waals surface area (Å²) in [5, 5.41) is 2.61. The van der Waals surface area contributed by atoms with Gasteiger partial charge < -0.3 is 15.0 Å². The van der Waals surface area contributed by atoms with Crippen LogP contribution < -0.4 is 10.2 Å².